The van der Waals surface area contributed by atoms with Crippen molar-refractivity contribution in [2.24, 2.45) is 10.9 Å². The Hall–Kier alpha value is -0.0400. The largest absolute Gasteiger partial charge is 0.356 e. The molecule has 1 aliphatic rings. The van der Waals surface area contributed by atoms with Gasteiger partial charge in [-0.2, -0.15) is 0 Å². The minimum Gasteiger partial charge on any atom is -0.356 e. The minimum atomic E-state index is 0. The molecule has 5 heteroatoms. The van der Waals surface area contributed by atoms with E-state index in [0.717, 1.165) is 25.0 Å². The SMILES string of the molecule is CCCCN(C)C(=NC)NCCCN1CCC(C)CC1.I. The first-order valence-corrected chi connectivity index (χ1v) is 8.31. The van der Waals surface area contributed by atoms with Crippen molar-refractivity contribution in [2.45, 2.75) is 46.0 Å². The van der Waals surface area contributed by atoms with Crippen LogP contribution >= 0.6 is 24.0 Å². The van der Waals surface area contributed by atoms with Crippen LogP contribution in [0.3, 0.4) is 0 Å². The van der Waals surface area contributed by atoms with Crippen molar-refractivity contribution in [1.29, 1.82) is 0 Å². The van der Waals surface area contributed by atoms with Gasteiger partial charge in [0.1, 0.15) is 0 Å². The van der Waals surface area contributed by atoms with E-state index in [1.54, 1.807) is 0 Å². The Bertz CT molecular complexity index is 275. The predicted molar refractivity (Wildman–Crippen MR) is 104 cm³/mol. The van der Waals surface area contributed by atoms with Crippen molar-refractivity contribution in [3.05, 3.63) is 0 Å². The number of rotatable bonds is 7. The third-order valence-electron chi connectivity index (χ3n) is 4.23. The lowest BCUT2D eigenvalue weighted by Gasteiger charge is -2.30. The molecule has 0 radical (unpaired) electrons. The molecular weight excluding hydrogens is 375 g/mol. The fraction of sp³-hybridized carbons (Fsp3) is 0.938. The van der Waals surface area contributed by atoms with Crippen molar-refractivity contribution in [3.63, 3.8) is 0 Å². The molecule has 4 nitrogen and oxygen atoms in total. The van der Waals surface area contributed by atoms with Gasteiger partial charge in [-0.3, -0.25) is 4.99 Å². The topological polar surface area (TPSA) is 30.9 Å². The van der Waals surface area contributed by atoms with Crippen LogP contribution in [0.1, 0.15) is 46.0 Å². The van der Waals surface area contributed by atoms with Gasteiger partial charge in [-0.25, -0.2) is 0 Å². The summed E-state index contributed by atoms with van der Waals surface area (Å²) in [6.45, 7) is 10.5. The molecule has 0 aromatic rings. The Morgan fingerprint density at radius 2 is 1.95 bits per heavy atom. The number of piperidine rings is 1. The second-order valence-corrected chi connectivity index (χ2v) is 6.13. The molecule has 0 aromatic carbocycles. The highest BCUT2D eigenvalue weighted by molar-refractivity contribution is 14.0. The number of guanidine groups is 1. The molecule has 0 saturated carbocycles. The quantitative estimate of drug-likeness (QED) is 0.303. The second kappa shape index (κ2) is 12.5. The summed E-state index contributed by atoms with van der Waals surface area (Å²) in [5, 5.41) is 3.48. The first kappa shape index (κ1) is 21.0. The molecule has 126 valence electrons. The first-order chi connectivity index (χ1) is 9.67. The zero-order valence-corrected chi connectivity index (χ0v) is 16.7. The molecule has 0 aliphatic carbocycles. The number of likely N-dealkylation sites (tertiary alicyclic amines) is 1. The van der Waals surface area contributed by atoms with E-state index in [0.29, 0.717) is 0 Å². The van der Waals surface area contributed by atoms with Gasteiger partial charge >= 0.3 is 0 Å². The van der Waals surface area contributed by atoms with Crippen molar-refractivity contribution >= 4 is 29.9 Å². The van der Waals surface area contributed by atoms with Gasteiger partial charge in [0.15, 0.2) is 5.96 Å². The summed E-state index contributed by atoms with van der Waals surface area (Å²) in [5.74, 6) is 1.96. The van der Waals surface area contributed by atoms with E-state index in [9.17, 15) is 0 Å². The van der Waals surface area contributed by atoms with Gasteiger partial charge in [0, 0.05) is 27.2 Å². The molecule has 1 N–H and O–H groups in total. The number of nitrogens with zero attached hydrogens (tertiary/aromatic N) is 3. The van der Waals surface area contributed by atoms with E-state index >= 15 is 0 Å². The molecule has 0 amide bonds. The molecule has 0 atom stereocenters. The highest BCUT2D eigenvalue weighted by Gasteiger charge is 2.14. The molecule has 0 spiro atoms. The summed E-state index contributed by atoms with van der Waals surface area (Å²) in [5.41, 5.74) is 0. The first-order valence-electron chi connectivity index (χ1n) is 8.31. The van der Waals surface area contributed by atoms with Crippen LogP contribution in [0.4, 0.5) is 0 Å². The maximum absolute atomic E-state index is 4.35. The van der Waals surface area contributed by atoms with E-state index < -0.39 is 0 Å². The zero-order valence-electron chi connectivity index (χ0n) is 14.4. The summed E-state index contributed by atoms with van der Waals surface area (Å²) in [4.78, 5) is 9.18. The number of halogens is 1. The Morgan fingerprint density at radius 3 is 2.52 bits per heavy atom. The molecule has 1 aliphatic heterocycles. The van der Waals surface area contributed by atoms with Crippen molar-refractivity contribution in [1.82, 2.24) is 15.1 Å². The van der Waals surface area contributed by atoms with Gasteiger partial charge in [0.05, 0.1) is 0 Å². The normalized spacial score (nSPS) is 17.4. The van der Waals surface area contributed by atoms with E-state index in [2.05, 4.69) is 41.0 Å². The second-order valence-electron chi connectivity index (χ2n) is 6.13. The lowest BCUT2D eigenvalue weighted by atomic mass is 9.99. The van der Waals surface area contributed by atoms with E-state index in [4.69, 9.17) is 0 Å². The summed E-state index contributed by atoms with van der Waals surface area (Å²) < 4.78 is 0. The Morgan fingerprint density at radius 1 is 1.29 bits per heavy atom. The lowest BCUT2D eigenvalue weighted by Crippen LogP contribution is -2.41. The summed E-state index contributed by atoms with van der Waals surface area (Å²) in [6, 6.07) is 0. The van der Waals surface area contributed by atoms with Crippen LogP contribution in [-0.4, -0.2) is 62.6 Å². The van der Waals surface area contributed by atoms with Crippen molar-refractivity contribution in [3.8, 4) is 0 Å². The number of hydrogen-bond acceptors (Lipinski definition) is 2. The van der Waals surface area contributed by atoms with E-state index in [1.807, 2.05) is 7.05 Å². The summed E-state index contributed by atoms with van der Waals surface area (Å²) in [6.07, 6.45) is 6.40. The molecule has 1 rings (SSSR count). The van der Waals surface area contributed by atoms with Gasteiger partial charge in [0.2, 0.25) is 0 Å². The van der Waals surface area contributed by atoms with Crippen molar-refractivity contribution < 1.29 is 0 Å². The monoisotopic (exact) mass is 410 g/mol. The van der Waals surface area contributed by atoms with E-state index in [1.165, 1.54) is 51.7 Å². The van der Waals surface area contributed by atoms with Crippen LogP contribution in [0.25, 0.3) is 0 Å². The average Bonchev–Trinajstić information content (AvgIpc) is 2.46. The molecule has 0 bridgehead atoms. The molecule has 1 heterocycles. The highest BCUT2D eigenvalue weighted by atomic mass is 127. The molecule has 1 fully saturated rings. The smallest absolute Gasteiger partial charge is 0.193 e. The summed E-state index contributed by atoms with van der Waals surface area (Å²) >= 11 is 0. The van der Waals surface area contributed by atoms with Gasteiger partial charge in [-0.05, 0) is 51.2 Å². The number of aliphatic imine (C=N–C) groups is 1. The molecular formula is C16H35IN4. The molecule has 1 saturated heterocycles. The van der Waals surface area contributed by atoms with Gasteiger partial charge in [-0.1, -0.05) is 20.3 Å². The Labute approximate surface area is 148 Å². The zero-order chi connectivity index (χ0) is 14.8. The van der Waals surface area contributed by atoms with Gasteiger partial charge in [0.25, 0.3) is 0 Å². The third-order valence-corrected chi connectivity index (χ3v) is 4.23. The molecule has 0 aromatic heterocycles. The minimum absolute atomic E-state index is 0. The summed E-state index contributed by atoms with van der Waals surface area (Å²) in [7, 11) is 3.99. The van der Waals surface area contributed by atoms with Crippen LogP contribution in [0.5, 0.6) is 0 Å². The number of hydrogen-bond donors (Lipinski definition) is 1. The number of unbranched alkanes of at least 4 members (excludes halogenated alkanes) is 1. The maximum atomic E-state index is 4.35. The van der Waals surface area contributed by atoms with Crippen LogP contribution in [-0.2, 0) is 0 Å². The number of nitrogens with one attached hydrogen (secondary N) is 1. The fourth-order valence-corrected chi connectivity index (χ4v) is 2.67. The highest BCUT2D eigenvalue weighted by Crippen LogP contribution is 2.15. The van der Waals surface area contributed by atoms with Crippen LogP contribution < -0.4 is 5.32 Å². The fourth-order valence-electron chi connectivity index (χ4n) is 2.67. The van der Waals surface area contributed by atoms with Crippen LogP contribution in [0, 0.1) is 5.92 Å². The Kier molecular flexibility index (Phi) is 12.5. The Balaban J connectivity index is 0.00000400. The third kappa shape index (κ3) is 8.86. The van der Waals surface area contributed by atoms with Crippen molar-refractivity contribution in [2.75, 3.05) is 46.8 Å². The maximum Gasteiger partial charge on any atom is 0.193 e. The van der Waals surface area contributed by atoms with E-state index in [-0.39, 0.29) is 24.0 Å². The molecule has 21 heavy (non-hydrogen) atoms. The van der Waals surface area contributed by atoms with Gasteiger partial charge < -0.3 is 15.1 Å². The van der Waals surface area contributed by atoms with Gasteiger partial charge in [-0.15, -0.1) is 24.0 Å². The predicted octanol–water partition coefficient (Wildman–Crippen LogP) is 3.03. The van der Waals surface area contributed by atoms with Crippen LogP contribution in [0.15, 0.2) is 4.99 Å². The standard InChI is InChI=1S/C16H34N4.HI/c1-5-6-11-19(4)16(17-3)18-10-7-12-20-13-8-15(2)9-14-20;/h15H,5-14H2,1-4H3,(H,17,18);1H. The van der Waals surface area contributed by atoms with Crippen LogP contribution in [0.2, 0.25) is 0 Å². The average molecular weight is 410 g/mol. The molecule has 0 unspecified atom stereocenters. The lowest BCUT2D eigenvalue weighted by molar-refractivity contribution is 0.191.